The first-order valence-electron chi connectivity index (χ1n) is 11.3. The Balaban J connectivity index is 1.43. The Bertz CT molecular complexity index is 1060. The van der Waals surface area contributed by atoms with Crippen molar-refractivity contribution in [3.05, 3.63) is 77.5 Å². The van der Waals surface area contributed by atoms with E-state index in [0.717, 1.165) is 60.4 Å². The van der Waals surface area contributed by atoms with Gasteiger partial charge in [0.2, 0.25) is 0 Å². The van der Waals surface area contributed by atoms with Crippen LogP contribution in [-0.2, 0) is 0 Å². The van der Waals surface area contributed by atoms with Gasteiger partial charge < -0.3 is 10.2 Å². The summed E-state index contributed by atoms with van der Waals surface area (Å²) in [5.41, 5.74) is 3.86. The Morgan fingerprint density at radius 3 is 2.48 bits per heavy atom. The average molecular weight is 415 g/mol. The van der Waals surface area contributed by atoms with Crippen LogP contribution in [-0.4, -0.2) is 60.5 Å². The number of nitrogens with one attached hydrogen (secondary N) is 1. The van der Waals surface area contributed by atoms with E-state index in [1.807, 2.05) is 48.5 Å². The predicted molar refractivity (Wildman–Crippen MR) is 124 cm³/mol. The van der Waals surface area contributed by atoms with Crippen molar-refractivity contribution in [3.63, 3.8) is 0 Å². The number of carbonyl (C=O) groups excluding carboxylic acids is 1. The number of rotatable bonds is 6. The van der Waals surface area contributed by atoms with Gasteiger partial charge in [-0.3, -0.25) is 14.7 Å². The van der Waals surface area contributed by atoms with Gasteiger partial charge >= 0.3 is 0 Å². The van der Waals surface area contributed by atoms with Crippen LogP contribution in [0.5, 0.6) is 0 Å². The first-order chi connectivity index (χ1) is 15.2. The average Bonchev–Trinajstić information content (AvgIpc) is 3.65. The molecule has 5 heteroatoms. The van der Waals surface area contributed by atoms with Crippen molar-refractivity contribution in [1.82, 2.24) is 20.1 Å². The Morgan fingerprint density at radius 2 is 1.74 bits per heavy atom. The number of carbonyl (C=O) groups is 1. The van der Waals surface area contributed by atoms with Crippen molar-refractivity contribution in [1.29, 1.82) is 0 Å². The molecule has 1 aliphatic carbocycles. The van der Waals surface area contributed by atoms with E-state index in [1.54, 1.807) is 0 Å². The molecule has 0 spiro atoms. The van der Waals surface area contributed by atoms with Gasteiger partial charge in [0.15, 0.2) is 0 Å². The molecule has 1 N–H and O–H groups in total. The minimum absolute atomic E-state index is 0.0107. The van der Waals surface area contributed by atoms with Gasteiger partial charge in [-0.25, -0.2) is 0 Å². The van der Waals surface area contributed by atoms with Crippen LogP contribution in [0.1, 0.15) is 46.4 Å². The number of hydrogen-bond donors (Lipinski definition) is 1. The number of benzene rings is 2. The van der Waals surface area contributed by atoms with E-state index in [0.29, 0.717) is 5.92 Å². The zero-order valence-electron chi connectivity index (χ0n) is 18.1. The Hall–Kier alpha value is -2.76. The van der Waals surface area contributed by atoms with E-state index >= 15 is 0 Å². The minimum atomic E-state index is -0.0478. The summed E-state index contributed by atoms with van der Waals surface area (Å²) < 4.78 is 0. The van der Waals surface area contributed by atoms with E-state index in [4.69, 9.17) is 4.98 Å². The second kappa shape index (κ2) is 8.77. The summed E-state index contributed by atoms with van der Waals surface area (Å²) in [5.74, 6) is 0.495. The molecule has 3 aromatic rings. The highest BCUT2D eigenvalue weighted by Crippen LogP contribution is 2.40. The summed E-state index contributed by atoms with van der Waals surface area (Å²) in [6.07, 6.45) is 2.34. The van der Waals surface area contributed by atoms with Crippen molar-refractivity contribution in [2.75, 3.05) is 39.8 Å². The molecule has 1 aromatic heterocycles. The normalized spacial score (nSPS) is 18.7. The van der Waals surface area contributed by atoms with Crippen molar-refractivity contribution >= 4 is 16.8 Å². The molecule has 2 aliphatic rings. The van der Waals surface area contributed by atoms with Crippen molar-refractivity contribution in [2.45, 2.75) is 24.8 Å². The monoisotopic (exact) mass is 414 g/mol. The number of fused-ring (bicyclic) bond motifs is 1. The molecule has 1 saturated carbocycles. The standard InChI is InChI=1S/C26H30N4O/c1-29-13-15-30(16-14-29)18-25(19-7-3-2-4-8-19)28-26(31)22-17-24(20-11-12-20)27-23-10-6-5-9-21(22)23/h2-10,17,20,25H,11-16,18H2,1H3,(H,28,31). The smallest absolute Gasteiger partial charge is 0.252 e. The van der Waals surface area contributed by atoms with Crippen LogP contribution in [0, 0.1) is 0 Å². The maximum atomic E-state index is 13.6. The van der Waals surface area contributed by atoms with Crippen LogP contribution < -0.4 is 5.32 Å². The summed E-state index contributed by atoms with van der Waals surface area (Å²) >= 11 is 0. The molecule has 2 heterocycles. The SMILES string of the molecule is CN1CCN(CC(NC(=O)c2cc(C3CC3)nc3ccccc23)c2ccccc2)CC1. The molecule has 31 heavy (non-hydrogen) atoms. The summed E-state index contributed by atoms with van der Waals surface area (Å²) in [4.78, 5) is 23.2. The molecule has 5 nitrogen and oxygen atoms in total. The highest BCUT2D eigenvalue weighted by atomic mass is 16.1. The first-order valence-corrected chi connectivity index (χ1v) is 11.3. The molecule has 160 valence electrons. The number of piperazine rings is 1. The number of pyridine rings is 1. The molecular weight excluding hydrogens is 384 g/mol. The third-order valence-corrected chi connectivity index (χ3v) is 6.52. The zero-order chi connectivity index (χ0) is 21.2. The van der Waals surface area contributed by atoms with E-state index in [2.05, 4.69) is 34.3 Å². The Kier molecular flexibility index (Phi) is 5.70. The van der Waals surface area contributed by atoms with Crippen LogP contribution >= 0.6 is 0 Å². The summed E-state index contributed by atoms with van der Waals surface area (Å²) in [6, 6.07) is 20.3. The van der Waals surface area contributed by atoms with Crippen LogP contribution in [0.3, 0.4) is 0 Å². The predicted octanol–water partition coefficient (Wildman–Crippen LogP) is 3.83. The Morgan fingerprint density at radius 1 is 1.03 bits per heavy atom. The van der Waals surface area contributed by atoms with E-state index in [9.17, 15) is 4.79 Å². The van der Waals surface area contributed by atoms with Crippen molar-refractivity contribution in [3.8, 4) is 0 Å². The molecule has 2 aromatic carbocycles. The maximum Gasteiger partial charge on any atom is 0.252 e. The highest BCUT2D eigenvalue weighted by molar-refractivity contribution is 6.06. The lowest BCUT2D eigenvalue weighted by Crippen LogP contribution is -2.47. The number of aromatic nitrogens is 1. The largest absolute Gasteiger partial charge is 0.344 e. The summed E-state index contributed by atoms with van der Waals surface area (Å²) in [7, 11) is 2.17. The van der Waals surface area contributed by atoms with Gasteiger partial charge in [-0.1, -0.05) is 48.5 Å². The molecule has 2 fully saturated rings. The zero-order valence-corrected chi connectivity index (χ0v) is 18.1. The van der Waals surface area contributed by atoms with Gasteiger partial charge in [0.1, 0.15) is 0 Å². The lowest BCUT2D eigenvalue weighted by Gasteiger charge is -2.35. The first kappa shape index (κ1) is 20.2. The molecule has 5 rings (SSSR count). The quantitative estimate of drug-likeness (QED) is 0.666. The van der Waals surface area contributed by atoms with E-state index in [1.165, 1.54) is 12.8 Å². The molecule has 1 amide bonds. The number of hydrogen-bond acceptors (Lipinski definition) is 4. The summed E-state index contributed by atoms with van der Waals surface area (Å²) in [5, 5.41) is 4.29. The topological polar surface area (TPSA) is 48.5 Å². The second-order valence-corrected chi connectivity index (χ2v) is 8.93. The molecule has 1 aliphatic heterocycles. The van der Waals surface area contributed by atoms with E-state index < -0.39 is 0 Å². The van der Waals surface area contributed by atoms with Crippen molar-refractivity contribution < 1.29 is 4.79 Å². The van der Waals surface area contributed by atoms with Crippen LogP contribution in [0.2, 0.25) is 0 Å². The highest BCUT2D eigenvalue weighted by Gasteiger charge is 2.28. The minimum Gasteiger partial charge on any atom is -0.344 e. The van der Waals surface area contributed by atoms with Gasteiger partial charge in [0, 0.05) is 49.7 Å². The van der Waals surface area contributed by atoms with Gasteiger partial charge in [0.25, 0.3) is 5.91 Å². The fourth-order valence-corrected chi connectivity index (χ4v) is 4.42. The fourth-order valence-electron chi connectivity index (χ4n) is 4.42. The van der Waals surface area contributed by atoms with Gasteiger partial charge in [-0.2, -0.15) is 0 Å². The van der Waals surface area contributed by atoms with Crippen LogP contribution in [0.15, 0.2) is 60.7 Å². The van der Waals surface area contributed by atoms with Crippen LogP contribution in [0.25, 0.3) is 10.9 Å². The number of para-hydroxylation sites is 1. The van der Waals surface area contributed by atoms with Gasteiger partial charge in [0.05, 0.1) is 17.1 Å². The molecule has 0 bridgehead atoms. The third kappa shape index (κ3) is 4.63. The number of likely N-dealkylation sites (N-methyl/N-ethyl adjacent to an activating group) is 1. The molecule has 1 unspecified atom stereocenters. The lowest BCUT2D eigenvalue weighted by atomic mass is 10.0. The second-order valence-electron chi connectivity index (χ2n) is 8.93. The van der Waals surface area contributed by atoms with Gasteiger partial charge in [-0.05, 0) is 37.6 Å². The van der Waals surface area contributed by atoms with Crippen LogP contribution in [0.4, 0.5) is 0 Å². The third-order valence-electron chi connectivity index (χ3n) is 6.52. The molecule has 1 saturated heterocycles. The molecule has 1 atom stereocenters. The number of nitrogens with zero attached hydrogens (tertiary/aromatic N) is 3. The maximum absolute atomic E-state index is 13.6. The van der Waals surface area contributed by atoms with Gasteiger partial charge in [-0.15, -0.1) is 0 Å². The lowest BCUT2D eigenvalue weighted by molar-refractivity contribution is 0.0908. The van der Waals surface area contributed by atoms with E-state index in [-0.39, 0.29) is 11.9 Å². The van der Waals surface area contributed by atoms with Crippen molar-refractivity contribution in [2.24, 2.45) is 0 Å². The Labute approximate surface area is 184 Å². The fraction of sp³-hybridized carbons (Fsp3) is 0.385. The molecule has 0 radical (unpaired) electrons. The molecular formula is C26H30N4O. The number of amides is 1. The summed E-state index contributed by atoms with van der Waals surface area (Å²) in [6.45, 7) is 5.01.